The minimum Gasteiger partial charge on any atom is -0.384 e. The minimum absolute atomic E-state index is 0. The van der Waals surface area contributed by atoms with E-state index in [-0.39, 0.29) is 18.3 Å². The van der Waals surface area contributed by atoms with Gasteiger partial charge in [0.2, 0.25) is 5.13 Å². The molecule has 2 aromatic rings. The van der Waals surface area contributed by atoms with Crippen LogP contribution in [0.15, 0.2) is 24.3 Å². The highest BCUT2D eigenvalue weighted by atomic mass is 35.5. The van der Waals surface area contributed by atoms with Crippen LogP contribution in [0.4, 0.5) is 5.13 Å². The fraction of sp³-hybridized carbons (Fsp3) is 0.471. The summed E-state index contributed by atoms with van der Waals surface area (Å²) in [7, 11) is 1.65. The normalized spacial score (nSPS) is 16.4. The molecule has 0 bridgehead atoms. The maximum Gasteiger partial charge on any atom is 0.257 e. The average molecular weight is 383 g/mol. The summed E-state index contributed by atoms with van der Waals surface area (Å²) >= 11 is 1.38. The first-order chi connectivity index (χ1) is 11.7. The van der Waals surface area contributed by atoms with E-state index >= 15 is 0 Å². The van der Waals surface area contributed by atoms with Gasteiger partial charge in [0.25, 0.3) is 5.91 Å². The van der Waals surface area contributed by atoms with Gasteiger partial charge in [0, 0.05) is 19.1 Å². The molecular weight excluding hydrogens is 360 g/mol. The zero-order chi connectivity index (χ0) is 16.8. The molecule has 8 heteroatoms. The molecule has 1 aliphatic rings. The van der Waals surface area contributed by atoms with Crippen molar-refractivity contribution in [3.8, 4) is 0 Å². The highest BCUT2D eigenvalue weighted by Gasteiger charge is 2.15. The Morgan fingerprint density at radius 1 is 1.36 bits per heavy atom. The maximum atomic E-state index is 12.3. The maximum absolute atomic E-state index is 12.3. The third-order valence-electron chi connectivity index (χ3n) is 4.11. The number of nitrogens with zero attached hydrogens (tertiary/aromatic N) is 2. The van der Waals surface area contributed by atoms with E-state index in [4.69, 9.17) is 4.74 Å². The monoisotopic (exact) mass is 382 g/mol. The van der Waals surface area contributed by atoms with E-state index in [1.54, 1.807) is 7.11 Å². The zero-order valence-electron chi connectivity index (χ0n) is 14.2. The largest absolute Gasteiger partial charge is 0.384 e. The molecule has 1 fully saturated rings. The van der Waals surface area contributed by atoms with Gasteiger partial charge in [0.05, 0.1) is 6.61 Å². The van der Waals surface area contributed by atoms with Gasteiger partial charge in [-0.15, -0.1) is 22.6 Å². The Hall–Kier alpha value is -1.54. The Morgan fingerprint density at radius 3 is 2.84 bits per heavy atom. The molecule has 0 spiro atoms. The van der Waals surface area contributed by atoms with Crippen LogP contribution in [0.1, 0.15) is 27.3 Å². The first-order valence-corrected chi connectivity index (χ1v) is 8.98. The van der Waals surface area contributed by atoms with Crippen molar-refractivity contribution in [2.45, 2.75) is 19.3 Å². The average Bonchev–Trinajstić information content (AvgIpc) is 3.25. The highest BCUT2D eigenvalue weighted by molar-refractivity contribution is 7.15. The molecule has 1 amide bonds. The molecule has 6 nitrogen and oxygen atoms in total. The van der Waals surface area contributed by atoms with Gasteiger partial charge >= 0.3 is 0 Å². The van der Waals surface area contributed by atoms with Crippen molar-refractivity contribution in [2.24, 2.45) is 5.92 Å². The number of nitrogens with one attached hydrogen (secondary N) is 2. The molecule has 0 saturated carbocycles. The Morgan fingerprint density at radius 2 is 2.16 bits per heavy atom. The van der Waals surface area contributed by atoms with E-state index in [0.717, 1.165) is 24.5 Å². The number of aromatic nitrogens is 2. The van der Waals surface area contributed by atoms with Crippen LogP contribution >= 0.6 is 23.7 Å². The Bertz CT molecular complexity index is 672. The summed E-state index contributed by atoms with van der Waals surface area (Å²) in [5, 5.41) is 15.6. The fourth-order valence-electron chi connectivity index (χ4n) is 2.78. The van der Waals surface area contributed by atoms with Gasteiger partial charge in [-0.25, -0.2) is 0 Å². The number of ether oxygens (including phenoxy) is 1. The van der Waals surface area contributed by atoms with Crippen molar-refractivity contribution in [3.05, 3.63) is 40.4 Å². The Kier molecular flexibility index (Phi) is 7.77. The topological polar surface area (TPSA) is 76.1 Å². The summed E-state index contributed by atoms with van der Waals surface area (Å²) in [5.74, 6) is 0.551. The molecule has 3 rings (SSSR count). The van der Waals surface area contributed by atoms with E-state index in [0.29, 0.717) is 29.6 Å². The lowest BCUT2D eigenvalue weighted by atomic mass is 9.98. The van der Waals surface area contributed by atoms with Gasteiger partial charge in [0.1, 0.15) is 5.01 Å². The minimum atomic E-state index is -0.154. The van der Waals surface area contributed by atoms with Crippen LogP contribution in [-0.4, -0.2) is 42.9 Å². The number of hydrogen-bond acceptors (Lipinski definition) is 6. The molecule has 25 heavy (non-hydrogen) atoms. The van der Waals surface area contributed by atoms with Crippen molar-refractivity contribution in [1.29, 1.82) is 0 Å². The molecular formula is C17H23ClN4O2S. The van der Waals surface area contributed by atoms with Crippen molar-refractivity contribution in [1.82, 2.24) is 15.5 Å². The van der Waals surface area contributed by atoms with Crippen LogP contribution in [0.25, 0.3) is 0 Å². The number of carbonyl (C=O) groups excluding carboxylic acids is 1. The quantitative estimate of drug-likeness (QED) is 0.769. The number of halogens is 1. The number of hydrogen-bond donors (Lipinski definition) is 2. The lowest BCUT2D eigenvalue weighted by Crippen LogP contribution is -2.12. The molecule has 1 aromatic heterocycles. The van der Waals surface area contributed by atoms with E-state index in [1.807, 2.05) is 24.3 Å². The van der Waals surface area contributed by atoms with Gasteiger partial charge in [-0.2, -0.15) is 0 Å². The Labute approximate surface area is 157 Å². The fourth-order valence-corrected chi connectivity index (χ4v) is 3.49. The second-order valence-corrected chi connectivity index (χ2v) is 7.02. The number of anilines is 1. The van der Waals surface area contributed by atoms with E-state index in [1.165, 1.54) is 23.3 Å². The lowest BCUT2D eigenvalue weighted by molar-refractivity contribution is 0.102. The number of methoxy groups -OCH3 is 1. The van der Waals surface area contributed by atoms with E-state index < -0.39 is 0 Å². The third kappa shape index (κ3) is 5.74. The second-order valence-electron chi connectivity index (χ2n) is 5.96. The summed E-state index contributed by atoms with van der Waals surface area (Å²) in [6.07, 6.45) is 2.99. The molecule has 1 unspecified atom stereocenters. The van der Waals surface area contributed by atoms with Gasteiger partial charge in [-0.1, -0.05) is 23.5 Å². The summed E-state index contributed by atoms with van der Waals surface area (Å²) < 4.78 is 5.01. The van der Waals surface area contributed by atoms with Crippen LogP contribution in [-0.2, 0) is 17.6 Å². The standard InChI is InChI=1S/C17H22N4O2S.ClH/c1-23-9-7-15-20-21-17(24-15)19-16(22)14-4-2-12(3-5-14)10-13-6-8-18-11-13;/h2-5,13,18H,6-11H2,1H3,(H,19,21,22);1H. The molecule has 2 heterocycles. The van der Waals surface area contributed by atoms with Crippen LogP contribution in [0.2, 0.25) is 0 Å². The molecule has 2 N–H and O–H groups in total. The number of amides is 1. The van der Waals surface area contributed by atoms with E-state index in [9.17, 15) is 4.79 Å². The number of rotatable bonds is 7. The molecule has 1 aromatic carbocycles. The smallest absolute Gasteiger partial charge is 0.257 e. The molecule has 0 radical (unpaired) electrons. The molecule has 136 valence electrons. The summed E-state index contributed by atoms with van der Waals surface area (Å²) in [6.45, 7) is 2.80. The third-order valence-corrected chi connectivity index (χ3v) is 5.01. The number of carbonyl (C=O) groups is 1. The first kappa shape index (κ1) is 19.8. The summed E-state index contributed by atoms with van der Waals surface area (Å²) in [4.78, 5) is 12.3. The molecule has 1 saturated heterocycles. The van der Waals surface area contributed by atoms with Crippen molar-refractivity contribution in [2.75, 3.05) is 32.1 Å². The van der Waals surface area contributed by atoms with Gasteiger partial charge in [-0.05, 0) is 49.5 Å². The zero-order valence-corrected chi connectivity index (χ0v) is 15.8. The molecule has 0 aliphatic carbocycles. The van der Waals surface area contributed by atoms with Crippen molar-refractivity contribution >= 4 is 34.8 Å². The summed E-state index contributed by atoms with van der Waals surface area (Å²) in [6, 6.07) is 7.83. The van der Waals surface area contributed by atoms with Gasteiger partial charge in [-0.3, -0.25) is 10.1 Å². The van der Waals surface area contributed by atoms with Crippen LogP contribution in [0.5, 0.6) is 0 Å². The Balaban J connectivity index is 0.00000225. The van der Waals surface area contributed by atoms with Crippen molar-refractivity contribution in [3.63, 3.8) is 0 Å². The van der Waals surface area contributed by atoms with Crippen LogP contribution in [0, 0.1) is 5.92 Å². The van der Waals surface area contributed by atoms with E-state index in [2.05, 4.69) is 20.8 Å². The molecule has 1 atom stereocenters. The van der Waals surface area contributed by atoms with Gasteiger partial charge < -0.3 is 10.1 Å². The summed E-state index contributed by atoms with van der Waals surface area (Å²) in [5.41, 5.74) is 1.91. The van der Waals surface area contributed by atoms with Crippen molar-refractivity contribution < 1.29 is 9.53 Å². The first-order valence-electron chi connectivity index (χ1n) is 8.17. The molecule has 1 aliphatic heterocycles. The van der Waals surface area contributed by atoms with Gasteiger partial charge in [0.15, 0.2) is 0 Å². The van der Waals surface area contributed by atoms with Crippen LogP contribution < -0.4 is 10.6 Å². The predicted molar refractivity (Wildman–Crippen MR) is 102 cm³/mol. The number of benzene rings is 1. The lowest BCUT2D eigenvalue weighted by Gasteiger charge is -2.08. The second kappa shape index (κ2) is 9.82. The van der Waals surface area contributed by atoms with Crippen LogP contribution in [0.3, 0.4) is 0 Å². The highest BCUT2D eigenvalue weighted by Crippen LogP contribution is 2.18. The predicted octanol–water partition coefficient (Wildman–Crippen LogP) is 2.55. The SMILES string of the molecule is COCCc1nnc(NC(=O)c2ccc(CC3CCNC3)cc2)s1.Cl.